The number of amides is 2. The summed E-state index contributed by atoms with van der Waals surface area (Å²) in [5.41, 5.74) is 5.80. The Balaban J connectivity index is 1.49. The molecule has 0 radical (unpaired) electrons. The minimum Gasteiger partial charge on any atom is -0.466 e. The minimum absolute atomic E-state index is 0.409. The smallest absolute Gasteiger partial charge is 0.278 e. The predicted molar refractivity (Wildman–Crippen MR) is 118 cm³/mol. The molecule has 0 spiro atoms. The summed E-state index contributed by atoms with van der Waals surface area (Å²) < 4.78 is 5.83. The van der Waals surface area contributed by atoms with E-state index in [4.69, 9.17) is 4.74 Å². The molecule has 2 aromatic carbocycles. The van der Waals surface area contributed by atoms with Gasteiger partial charge in [0.1, 0.15) is 5.75 Å². The second kappa shape index (κ2) is 7.20. The van der Waals surface area contributed by atoms with Crippen LogP contribution in [0.5, 0.6) is 5.75 Å². The second-order valence-corrected chi connectivity index (χ2v) is 8.33. The Morgan fingerprint density at radius 2 is 1.87 bits per heavy atom. The maximum atomic E-state index is 12.9. The van der Waals surface area contributed by atoms with Crippen LogP contribution in [-0.2, 0) is 16.0 Å². The number of aromatic nitrogens is 1. The first kappa shape index (κ1) is 20.0. The SMILES string of the molecule is Cc1ccc2c(c1)NC(=O)C(C)(C(=O)NCCc1c(C)[nH]c3c(C)cc(C)cc13)O2. The largest absolute Gasteiger partial charge is 0.466 e. The quantitative estimate of drug-likeness (QED) is 0.577. The fraction of sp³-hybridized carbons (Fsp3) is 0.333. The average molecular weight is 405 g/mol. The number of hydrogen-bond acceptors (Lipinski definition) is 3. The van der Waals surface area contributed by atoms with E-state index in [0.717, 1.165) is 16.8 Å². The summed E-state index contributed by atoms with van der Waals surface area (Å²) >= 11 is 0. The van der Waals surface area contributed by atoms with Crippen LogP contribution in [0.3, 0.4) is 0 Å². The van der Waals surface area contributed by atoms with Gasteiger partial charge in [-0.25, -0.2) is 0 Å². The molecule has 1 atom stereocenters. The van der Waals surface area contributed by atoms with E-state index in [0.29, 0.717) is 24.4 Å². The maximum absolute atomic E-state index is 12.9. The van der Waals surface area contributed by atoms with Crippen molar-refractivity contribution in [1.29, 1.82) is 0 Å². The van der Waals surface area contributed by atoms with Gasteiger partial charge in [-0.15, -0.1) is 0 Å². The van der Waals surface area contributed by atoms with Gasteiger partial charge in [0, 0.05) is 23.1 Å². The number of aromatic amines is 1. The predicted octanol–water partition coefficient (Wildman–Crippen LogP) is 3.85. The van der Waals surface area contributed by atoms with Crippen molar-refractivity contribution in [1.82, 2.24) is 10.3 Å². The molecule has 1 aliphatic heterocycles. The zero-order valence-electron chi connectivity index (χ0n) is 18.0. The molecule has 2 amide bonds. The number of fused-ring (bicyclic) bond motifs is 2. The lowest BCUT2D eigenvalue weighted by atomic mass is 10.0. The van der Waals surface area contributed by atoms with E-state index in [1.54, 1.807) is 6.07 Å². The van der Waals surface area contributed by atoms with Crippen LogP contribution in [0.15, 0.2) is 30.3 Å². The highest BCUT2D eigenvalue weighted by molar-refractivity contribution is 6.15. The molecule has 0 fully saturated rings. The number of carbonyl (C=O) groups is 2. The van der Waals surface area contributed by atoms with Gasteiger partial charge in [0.05, 0.1) is 5.69 Å². The van der Waals surface area contributed by atoms with Crippen LogP contribution < -0.4 is 15.4 Å². The van der Waals surface area contributed by atoms with E-state index in [-0.39, 0.29) is 0 Å². The second-order valence-electron chi connectivity index (χ2n) is 8.33. The summed E-state index contributed by atoms with van der Waals surface area (Å²) in [6.45, 7) is 10.1. The molecule has 6 heteroatoms. The van der Waals surface area contributed by atoms with Crippen LogP contribution in [0, 0.1) is 27.7 Å². The molecule has 3 N–H and O–H groups in total. The topological polar surface area (TPSA) is 83.2 Å². The first-order valence-electron chi connectivity index (χ1n) is 10.2. The van der Waals surface area contributed by atoms with Crippen LogP contribution in [-0.4, -0.2) is 28.9 Å². The minimum atomic E-state index is -1.61. The average Bonchev–Trinajstić information content (AvgIpc) is 2.99. The van der Waals surface area contributed by atoms with E-state index in [9.17, 15) is 9.59 Å². The molecule has 1 aliphatic rings. The number of carbonyl (C=O) groups excluding carboxylic acids is 2. The molecule has 1 aromatic heterocycles. The van der Waals surface area contributed by atoms with Crippen molar-refractivity contribution in [3.8, 4) is 5.75 Å². The Labute approximate surface area is 176 Å². The monoisotopic (exact) mass is 405 g/mol. The number of anilines is 1. The van der Waals surface area contributed by atoms with Crippen molar-refractivity contribution in [3.63, 3.8) is 0 Å². The molecule has 0 saturated heterocycles. The highest BCUT2D eigenvalue weighted by Crippen LogP contribution is 2.34. The number of ether oxygens (including phenoxy) is 1. The van der Waals surface area contributed by atoms with Gasteiger partial charge in [-0.05, 0) is 75.9 Å². The van der Waals surface area contributed by atoms with Gasteiger partial charge in [-0.1, -0.05) is 17.7 Å². The van der Waals surface area contributed by atoms with Gasteiger partial charge in [0.15, 0.2) is 0 Å². The van der Waals surface area contributed by atoms with Crippen molar-refractivity contribution in [2.75, 3.05) is 11.9 Å². The summed E-state index contributed by atoms with van der Waals surface area (Å²) in [5, 5.41) is 6.86. The number of H-pyrrole nitrogens is 1. The van der Waals surface area contributed by atoms with Crippen LogP contribution >= 0.6 is 0 Å². The Morgan fingerprint density at radius 1 is 1.10 bits per heavy atom. The molecular weight excluding hydrogens is 378 g/mol. The van der Waals surface area contributed by atoms with Crippen molar-refractivity contribution < 1.29 is 14.3 Å². The molecule has 1 unspecified atom stereocenters. The lowest BCUT2D eigenvalue weighted by molar-refractivity contribution is -0.146. The molecule has 4 rings (SSSR count). The van der Waals surface area contributed by atoms with E-state index >= 15 is 0 Å². The Bertz CT molecular complexity index is 1180. The molecule has 2 heterocycles. The molecular formula is C24H27N3O3. The highest BCUT2D eigenvalue weighted by atomic mass is 16.5. The first-order chi connectivity index (χ1) is 14.2. The Hall–Kier alpha value is -3.28. The van der Waals surface area contributed by atoms with E-state index in [1.165, 1.54) is 29.0 Å². The fourth-order valence-electron chi connectivity index (χ4n) is 4.12. The van der Waals surface area contributed by atoms with Gasteiger partial charge in [-0.2, -0.15) is 0 Å². The molecule has 156 valence electrons. The number of rotatable bonds is 4. The summed E-state index contributed by atoms with van der Waals surface area (Å²) in [6, 6.07) is 9.81. The van der Waals surface area contributed by atoms with E-state index in [2.05, 4.69) is 41.6 Å². The molecule has 6 nitrogen and oxygen atoms in total. The lowest BCUT2D eigenvalue weighted by Gasteiger charge is -2.33. The van der Waals surface area contributed by atoms with E-state index < -0.39 is 17.4 Å². The molecule has 0 saturated carbocycles. The van der Waals surface area contributed by atoms with Crippen molar-refractivity contribution in [3.05, 3.63) is 58.3 Å². The van der Waals surface area contributed by atoms with Gasteiger partial charge < -0.3 is 20.4 Å². The number of nitrogens with one attached hydrogen (secondary N) is 3. The third-order valence-corrected chi connectivity index (χ3v) is 5.79. The summed E-state index contributed by atoms with van der Waals surface area (Å²) in [4.78, 5) is 29.0. The molecule has 0 bridgehead atoms. The third-order valence-electron chi connectivity index (χ3n) is 5.79. The molecule has 3 aromatic rings. The number of hydrogen-bond donors (Lipinski definition) is 3. The Kier molecular flexibility index (Phi) is 4.80. The van der Waals surface area contributed by atoms with Crippen LogP contribution in [0.2, 0.25) is 0 Å². The standard InChI is InChI=1S/C24H27N3O3/c1-13-6-7-20-19(12-13)27-23(29)24(5,30-20)22(28)25-9-8-17-16(4)26-21-15(3)10-14(2)11-18(17)21/h6-7,10-12,26H,8-9H2,1-5H3,(H,25,28)(H,27,29). The van der Waals surface area contributed by atoms with E-state index in [1.807, 2.05) is 26.0 Å². The number of benzene rings is 2. The van der Waals surface area contributed by atoms with Gasteiger partial charge in [-0.3, -0.25) is 9.59 Å². The van der Waals surface area contributed by atoms with Crippen molar-refractivity contribution in [2.24, 2.45) is 0 Å². The van der Waals surface area contributed by atoms with Gasteiger partial charge >= 0.3 is 0 Å². The van der Waals surface area contributed by atoms with Crippen molar-refractivity contribution in [2.45, 2.75) is 46.6 Å². The zero-order chi connectivity index (χ0) is 21.6. The Morgan fingerprint density at radius 3 is 2.63 bits per heavy atom. The van der Waals surface area contributed by atoms with Crippen LogP contribution in [0.25, 0.3) is 10.9 Å². The summed E-state index contributed by atoms with van der Waals surface area (Å²) in [7, 11) is 0. The lowest BCUT2D eigenvalue weighted by Crippen LogP contribution is -2.58. The van der Waals surface area contributed by atoms with Gasteiger partial charge in [0.25, 0.3) is 17.4 Å². The maximum Gasteiger partial charge on any atom is 0.278 e. The van der Waals surface area contributed by atoms with Crippen LogP contribution in [0.4, 0.5) is 5.69 Å². The number of aryl methyl sites for hydroxylation is 4. The highest BCUT2D eigenvalue weighted by Gasteiger charge is 2.47. The molecule has 0 aliphatic carbocycles. The third kappa shape index (κ3) is 3.32. The summed E-state index contributed by atoms with van der Waals surface area (Å²) in [5.74, 6) is -0.417. The first-order valence-corrected chi connectivity index (χ1v) is 10.2. The van der Waals surface area contributed by atoms with Crippen molar-refractivity contribution >= 4 is 28.4 Å². The zero-order valence-corrected chi connectivity index (χ0v) is 18.0. The summed E-state index contributed by atoms with van der Waals surface area (Å²) in [6.07, 6.45) is 0.661. The molecule has 30 heavy (non-hydrogen) atoms. The fourth-order valence-corrected chi connectivity index (χ4v) is 4.12. The van der Waals surface area contributed by atoms with Crippen LogP contribution in [0.1, 0.15) is 34.9 Å². The normalized spacial score (nSPS) is 18.0. The van der Waals surface area contributed by atoms with Gasteiger partial charge in [0.2, 0.25) is 0 Å².